The number of hydrogen-bond donors (Lipinski definition) is 1. The van der Waals surface area contributed by atoms with E-state index in [2.05, 4.69) is 38.2 Å². The predicted molar refractivity (Wildman–Crippen MR) is 101 cm³/mol. The molecule has 0 saturated carbocycles. The molecule has 4 aromatic rings. The Morgan fingerprint density at radius 3 is 2.68 bits per heavy atom. The maximum absolute atomic E-state index is 4.46. The molecule has 0 unspecified atom stereocenters. The van der Waals surface area contributed by atoms with E-state index in [4.69, 9.17) is 0 Å². The van der Waals surface area contributed by atoms with Crippen molar-refractivity contribution in [3.8, 4) is 11.3 Å². The number of hydrogen-bond acceptors (Lipinski definition) is 4. The summed E-state index contributed by atoms with van der Waals surface area (Å²) in [5.74, 6) is 0. The van der Waals surface area contributed by atoms with Crippen LogP contribution in [0.5, 0.6) is 0 Å². The van der Waals surface area contributed by atoms with Crippen LogP contribution in [0.15, 0.2) is 72.9 Å². The number of pyridine rings is 1. The quantitative estimate of drug-likeness (QED) is 0.565. The molecule has 0 aliphatic carbocycles. The molecule has 120 valence electrons. The normalized spacial score (nSPS) is 10.7. The Morgan fingerprint density at radius 2 is 1.88 bits per heavy atom. The monoisotopic (exact) mass is 325 g/mol. The van der Waals surface area contributed by atoms with Crippen molar-refractivity contribution in [2.24, 2.45) is 4.99 Å². The Bertz CT molecular complexity index is 1080. The minimum absolute atomic E-state index is 0.782. The van der Waals surface area contributed by atoms with Crippen molar-refractivity contribution in [2.45, 2.75) is 0 Å². The Hall–Kier alpha value is -3.60. The maximum atomic E-state index is 4.46. The number of aromatic nitrogens is 4. The van der Waals surface area contributed by atoms with Crippen molar-refractivity contribution in [3.05, 3.63) is 79.0 Å². The van der Waals surface area contributed by atoms with Crippen LogP contribution >= 0.6 is 0 Å². The molecule has 4 rings (SSSR count). The first-order chi connectivity index (χ1) is 12.3. The molecule has 5 nitrogen and oxygen atoms in total. The number of aromatic amines is 1. The summed E-state index contributed by atoms with van der Waals surface area (Å²) in [7, 11) is 0. The van der Waals surface area contributed by atoms with E-state index < -0.39 is 0 Å². The van der Waals surface area contributed by atoms with Gasteiger partial charge in [-0.1, -0.05) is 12.6 Å². The molecule has 0 atom stereocenters. The van der Waals surface area contributed by atoms with Gasteiger partial charge in [0.05, 0.1) is 11.4 Å². The highest BCUT2D eigenvalue weighted by atomic mass is 14.9. The van der Waals surface area contributed by atoms with Crippen molar-refractivity contribution in [1.29, 1.82) is 0 Å². The van der Waals surface area contributed by atoms with Gasteiger partial charge < -0.3 is 4.98 Å². The van der Waals surface area contributed by atoms with Crippen molar-refractivity contribution in [3.63, 3.8) is 0 Å². The van der Waals surface area contributed by atoms with Crippen LogP contribution in [0.2, 0.25) is 0 Å². The van der Waals surface area contributed by atoms with Crippen LogP contribution < -0.4 is 0 Å². The molecule has 0 aliphatic heterocycles. The lowest BCUT2D eigenvalue weighted by molar-refractivity contribution is 1.20. The van der Waals surface area contributed by atoms with Crippen LogP contribution in [0.25, 0.3) is 27.9 Å². The lowest BCUT2D eigenvalue weighted by Crippen LogP contribution is -1.91. The molecule has 3 aromatic heterocycles. The molecule has 0 saturated heterocycles. The van der Waals surface area contributed by atoms with Crippen LogP contribution in [-0.4, -0.2) is 26.7 Å². The van der Waals surface area contributed by atoms with Crippen LogP contribution in [0.4, 0.5) is 5.69 Å². The van der Waals surface area contributed by atoms with Gasteiger partial charge in [-0.2, -0.15) is 0 Å². The van der Waals surface area contributed by atoms with Crippen molar-refractivity contribution < 1.29 is 0 Å². The number of H-pyrrole nitrogens is 1. The zero-order valence-electron chi connectivity index (χ0n) is 13.5. The largest absolute Gasteiger partial charge is 0.346 e. The van der Waals surface area contributed by atoms with Gasteiger partial charge in [-0.3, -0.25) is 9.98 Å². The maximum Gasteiger partial charge on any atom is 0.141 e. The first-order valence-electron chi connectivity index (χ1n) is 7.77. The van der Waals surface area contributed by atoms with Gasteiger partial charge in [-0.15, -0.1) is 0 Å². The highest BCUT2D eigenvalue weighted by molar-refractivity contribution is 5.93. The number of rotatable bonds is 4. The second-order valence-corrected chi connectivity index (χ2v) is 5.57. The van der Waals surface area contributed by atoms with Crippen LogP contribution in [-0.2, 0) is 0 Å². The van der Waals surface area contributed by atoms with Gasteiger partial charge in [-0.05, 0) is 48.2 Å². The molecule has 1 aromatic carbocycles. The predicted octanol–water partition coefficient (Wildman–Crippen LogP) is 4.41. The summed E-state index contributed by atoms with van der Waals surface area (Å²) in [5, 5.41) is 0.974. The topological polar surface area (TPSA) is 66.8 Å². The third-order valence-corrected chi connectivity index (χ3v) is 4.15. The molecular formula is C20H15N5. The molecule has 0 fully saturated rings. The average molecular weight is 325 g/mol. The van der Waals surface area contributed by atoms with Crippen molar-refractivity contribution in [1.82, 2.24) is 19.9 Å². The van der Waals surface area contributed by atoms with Crippen LogP contribution in [0.3, 0.4) is 0 Å². The molecule has 0 aliphatic rings. The van der Waals surface area contributed by atoms with E-state index >= 15 is 0 Å². The van der Waals surface area contributed by atoms with Gasteiger partial charge in [0.25, 0.3) is 0 Å². The minimum atomic E-state index is 0.782. The molecule has 0 radical (unpaired) electrons. The Labute approximate surface area is 144 Å². The molecule has 1 N–H and O–H groups in total. The van der Waals surface area contributed by atoms with Gasteiger partial charge in [0, 0.05) is 35.1 Å². The fourth-order valence-electron chi connectivity index (χ4n) is 2.87. The van der Waals surface area contributed by atoms with Crippen molar-refractivity contribution in [2.75, 3.05) is 0 Å². The van der Waals surface area contributed by atoms with Gasteiger partial charge in [0.1, 0.15) is 12.0 Å². The van der Waals surface area contributed by atoms with Crippen molar-refractivity contribution >= 4 is 29.0 Å². The third-order valence-electron chi connectivity index (χ3n) is 4.15. The Morgan fingerprint density at radius 1 is 1.04 bits per heavy atom. The van der Waals surface area contributed by atoms with E-state index in [9.17, 15) is 0 Å². The number of nitrogens with one attached hydrogen (secondary N) is 1. The van der Waals surface area contributed by atoms with E-state index in [1.54, 1.807) is 18.7 Å². The molecule has 0 spiro atoms. The summed E-state index contributed by atoms with van der Waals surface area (Å²) in [5.41, 5.74) is 6.21. The summed E-state index contributed by atoms with van der Waals surface area (Å²) in [6.45, 7) is 7.91. The standard InChI is InChI=1S/C20H15N5/c1-13(14-5-8-22-9-6-14)17-11-15(3-4-18(17)21-2)19-16-7-10-23-20(16)25-12-24-19/h3-12H,1-2H2,(H,23,24,25). The lowest BCUT2D eigenvalue weighted by Gasteiger charge is -2.12. The highest BCUT2D eigenvalue weighted by Crippen LogP contribution is 2.34. The zero-order chi connectivity index (χ0) is 17.2. The molecule has 5 heteroatoms. The SMILES string of the molecule is C=Nc1ccc(-c2ncnc3[nH]ccc23)cc1C(=C)c1ccncc1. The summed E-state index contributed by atoms with van der Waals surface area (Å²) < 4.78 is 0. The summed E-state index contributed by atoms with van der Waals surface area (Å²) in [6, 6.07) is 11.8. The minimum Gasteiger partial charge on any atom is -0.346 e. The third kappa shape index (κ3) is 2.61. The zero-order valence-corrected chi connectivity index (χ0v) is 13.5. The van der Waals surface area contributed by atoms with E-state index in [0.29, 0.717) is 0 Å². The van der Waals surface area contributed by atoms with E-state index in [1.165, 1.54) is 0 Å². The molecular weight excluding hydrogens is 310 g/mol. The number of fused-ring (bicyclic) bond motifs is 1. The summed E-state index contributed by atoms with van der Waals surface area (Å²) >= 11 is 0. The first kappa shape index (κ1) is 15.0. The smallest absolute Gasteiger partial charge is 0.141 e. The fourth-order valence-corrected chi connectivity index (χ4v) is 2.87. The Kier molecular flexibility index (Phi) is 3.67. The molecule has 0 amide bonds. The summed E-state index contributed by atoms with van der Waals surface area (Å²) in [6.07, 6.45) is 6.92. The van der Waals surface area contributed by atoms with Gasteiger partial charge in [0.2, 0.25) is 0 Å². The second kappa shape index (κ2) is 6.13. The number of benzene rings is 1. The van der Waals surface area contributed by atoms with Crippen LogP contribution in [0.1, 0.15) is 11.1 Å². The lowest BCUT2D eigenvalue weighted by atomic mass is 9.95. The number of aliphatic imine (C=N–C) groups is 1. The highest BCUT2D eigenvalue weighted by Gasteiger charge is 2.12. The molecule has 0 bridgehead atoms. The van der Waals surface area contributed by atoms with E-state index in [1.807, 2.05) is 42.6 Å². The van der Waals surface area contributed by atoms with Gasteiger partial charge >= 0.3 is 0 Å². The first-order valence-corrected chi connectivity index (χ1v) is 7.77. The van der Waals surface area contributed by atoms with E-state index in [0.717, 1.165) is 44.7 Å². The van der Waals surface area contributed by atoms with E-state index in [-0.39, 0.29) is 0 Å². The van der Waals surface area contributed by atoms with Gasteiger partial charge in [-0.25, -0.2) is 9.97 Å². The molecule has 25 heavy (non-hydrogen) atoms. The average Bonchev–Trinajstić information content (AvgIpc) is 3.16. The van der Waals surface area contributed by atoms with Crippen LogP contribution in [0, 0.1) is 0 Å². The second-order valence-electron chi connectivity index (χ2n) is 5.57. The molecule has 3 heterocycles. The fraction of sp³-hybridized carbons (Fsp3) is 0. The van der Waals surface area contributed by atoms with Gasteiger partial charge in [0.15, 0.2) is 0 Å². The summed E-state index contributed by atoms with van der Waals surface area (Å²) in [4.78, 5) is 20.0. The number of nitrogens with zero attached hydrogens (tertiary/aromatic N) is 4. The Balaban J connectivity index is 1.88.